The molecule has 0 radical (unpaired) electrons. The summed E-state index contributed by atoms with van der Waals surface area (Å²) in [6.45, 7) is 0. The van der Waals surface area contributed by atoms with Crippen LogP contribution in [-0.4, -0.2) is 12.9 Å². The van der Waals surface area contributed by atoms with Crippen LogP contribution in [-0.2, 0) is 6.42 Å². The van der Waals surface area contributed by atoms with Crippen molar-refractivity contribution >= 4 is 53.6 Å². The van der Waals surface area contributed by atoms with Crippen molar-refractivity contribution in [1.29, 1.82) is 0 Å². The first-order valence-electron chi connectivity index (χ1n) is 5.82. The van der Waals surface area contributed by atoms with Gasteiger partial charge in [0.2, 0.25) is 0 Å². The summed E-state index contributed by atoms with van der Waals surface area (Å²) in [6.07, 6.45) is 0.350. The minimum Gasteiger partial charge on any atom is -0.496 e. The Labute approximate surface area is 142 Å². The molecule has 0 aliphatic heterocycles. The third kappa shape index (κ3) is 3.71. The van der Waals surface area contributed by atoms with Gasteiger partial charge in [-0.1, -0.05) is 37.9 Å². The first kappa shape index (κ1) is 15.7. The predicted molar refractivity (Wildman–Crippen MR) is 90.6 cm³/mol. The van der Waals surface area contributed by atoms with Crippen LogP contribution in [0, 0.1) is 0 Å². The average Bonchev–Trinajstić information content (AvgIpc) is 2.38. The van der Waals surface area contributed by atoms with Gasteiger partial charge in [-0.05, 0) is 51.8 Å². The highest BCUT2D eigenvalue weighted by molar-refractivity contribution is 9.11. The summed E-state index contributed by atoms with van der Waals surface area (Å²) in [4.78, 5) is 12.3. The zero-order valence-corrected chi connectivity index (χ0v) is 15.4. The molecule has 0 unspecified atom stereocenters. The number of Topliss-reactive ketones (excluding diaryl/α,β-unsaturated/α-hetero) is 1. The minimum atomic E-state index is 0.0708. The monoisotopic (exact) mass is 460 g/mol. The molecular formula is C15H11Br3O2. The van der Waals surface area contributed by atoms with Crippen molar-refractivity contribution in [3.05, 3.63) is 60.9 Å². The van der Waals surface area contributed by atoms with Gasteiger partial charge < -0.3 is 4.74 Å². The molecule has 0 saturated carbocycles. The lowest BCUT2D eigenvalue weighted by atomic mass is 10.0. The van der Waals surface area contributed by atoms with Gasteiger partial charge in [-0.15, -0.1) is 0 Å². The van der Waals surface area contributed by atoms with Gasteiger partial charge in [-0.25, -0.2) is 0 Å². The standard InChI is InChI=1S/C15H11Br3O2/c1-20-15-5-2-9(6-13(15)18)7-14(19)11-4-3-10(16)8-12(11)17/h2-6,8H,7H2,1H3. The highest BCUT2D eigenvalue weighted by Gasteiger charge is 2.12. The van der Waals surface area contributed by atoms with Crippen LogP contribution in [0.15, 0.2) is 49.8 Å². The second kappa shape index (κ2) is 6.87. The molecule has 0 spiro atoms. The fourth-order valence-electron chi connectivity index (χ4n) is 1.82. The van der Waals surface area contributed by atoms with Crippen LogP contribution >= 0.6 is 47.8 Å². The van der Waals surface area contributed by atoms with E-state index in [1.165, 1.54) is 0 Å². The molecule has 5 heteroatoms. The molecule has 0 heterocycles. The predicted octanol–water partition coefficient (Wildman–Crippen LogP) is 5.41. The SMILES string of the molecule is COc1ccc(CC(=O)c2ccc(Br)cc2Br)cc1Br. The van der Waals surface area contributed by atoms with E-state index in [0.717, 1.165) is 24.7 Å². The number of ketones is 1. The summed E-state index contributed by atoms with van der Waals surface area (Å²) < 4.78 is 7.76. The van der Waals surface area contributed by atoms with Crippen molar-refractivity contribution in [3.8, 4) is 5.75 Å². The lowest BCUT2D eigenvalue weighted by Gasteiger charge is -2.07. The van der Waals surface area contributed by atoms with Crippen LogP contribution in [0.4, 0.5) is 0 Å². The van der Waals surface area contributed by atoms with Crippen LogP contribution < -0.4 is 4.74 Å². The summed E-state index contributed by atoms with van der Waals surface area (Å²) in [5, 5.41) is 0. The second-order valence-electron chi connectivity index (χ2n) is 4.19. The summed E-state index contributed by atoms with van der Waals surface area (Å²) >= 11 is 10.2. The number of halogens is 3. The van der Waals surface area contributed by atoms with Gasteiger partial charge in [-0.3, -0.25) is 4.79 Å². The van der Waals surface area contributed by atoms with E-state index in [1.807, 2.05) is 36.4 Å². The zero-order chi connectivity index (χ0) is 14.7. The maximum Gasteiger partial charge on any atom is 0.168 e. The Balaban J connectivity index is 2.21. The number of ether oxygens (including phenoxy) is 1. The highest BCUT2D eigenvalue weighted by Crippen LogP contribution is 2.27. The molecule has 0 bridgehead atoms. The summed E-state index contributed by atoms with van der Waals surface area (Å²) in [6, 6.07) is 11.2. The topological polar surface area (TPSA) is 26.3 Å². The number of methoxy groups -OCH3 is 1. The van der Waals surface area contributed by atoms with E-state index in [-0.39, 0.29) is 5.78 Å². The Morgan fingerprint density at radius 1 is 1.05 bits per heavy atom. The van der Waals surface area contributed by atoms with Gasteiger partial charge in [0.25, 0.3) is 0 Å². The maximum atomic E-state index is 12.3. The molecule has 0 fully saturated rings. The normalized spacial score (nSPS) is 10.4. The zero-order valence-electron chi connectivity index (χ0n) is 10.6. The molecule has 0 atom stereocenters. The quantitative estimate of drug-likeness (QED) is 0.568. The average molecular weight is 463 g/mol. The molecule has 0 amide bonds. The third-order valence-electron chi connectivity index (χ3n) is 2.81. The summed E-state index contributed by atoms with van der Waals surface area (Å²) in [7, 11) is 1.61. The molecule has 2 rings (SSSR count). The molecule has 2 aromatic rings. The van der Waals surface area contributed by atoms with Gasteiger partial charge >= 0.3 is 0 Å². The van der Waals surface area contributed by atoms with Crippen molar-refractivity contribution < 1.29 is 9.53 Å². The van der Waals surface area contributed by atoms with Crippen LogP contribution in [0.5, 0.6) is 5.75 Å². The molecule has 2 nitrogen and oxygen atoms in total. The van der Waals surface area contributed by atoms with E-state index in [0.29, 0.717) is 12.0 Å². The van der Waals surface area contributed by atoms with Gasteiger partial charge in [-0.2, -0.15) is 0 Å². The largest absolute Gasteiger partial charge is 0.496 e. The van der Waals surface area contributed by atoms with Crippen LogP contribution in [0.3, 0.4) is 0 Å². The van der Waals surface area contributed by atoms with Crippen molar-refractivity contribution in [2.75, 3.05) is 7.11 Å². The summed E-state index contributed by atoms with van der Waals surface area (Å²) in [5.41, 5.74) is 1.62. The smallest absolute Gasteiger partial charge is 0.168 e. The number of hydrogen-bond acceptors (Lipinski definition) is 2. The number of hydrogen-bond donors (Lipinski definition) is 0. The van der Waals surface area contributed by atoms with E-state index in [4.69, 9.17) is 4.74 Å². The molecular weight excluding hydrogens is 452 g/mol. The third-order valence-corrected chi connectivity index (χ3v) is 4.58. The lowest BCUT2D eigenvalue weighted by Crippen LogP contribution is -2.04. The molecule has 0 N–H and O–H groups in total. The number of benzene rings is 2. The minimum absolute atomic E-state index is 0.0708. The second-order valence-corrected chi connectivity index (χ2v) is 6.82. The lowest BCUT2D eigenvalue weighted by molar-refractivity contribution is 0.0992. The Morgan fingerprint density at radius 2 is 1.80 bits per heavy atom. The first-order chi connectivity index (χ1) is 9.51. The van der Waals surface area contributed by atoms with Crippen molar-refractivity contribution in [2.45, 2.75) is 6.42 Å². The fraction of sp³-hybridized carbons (Fsp3) is 0.133. The van der Waals surface area contributed by atoms with E-state index >= 15 is 0 Å². The Kier molecular flexibility index (Phi) is 5.41. The Morgan fingerprint density at radius 3 is 2.40 bits per heavy atom. The Bertz CT molecular complexity index is 654. The van der Waals surface area contributed by atoms with E-state index in [2.05, 4.69) is 47.8 Å². The van der Waals surface area contributed by atoms with Gasteiger partial charge in [0.15, 0.2) is 5.78 Å². The Hall–Kier alpha value is -0.650. The van der Waals surface area contributed by atoms with Crippen molar-refractivity contribution in [1.82, 2.24) is 0 Å². The molecule has 0 saturated heterocycles. The van der Waals surface area contributed by atoms with Gasteiger partial charge in [0.1, 0.15) is 5.75 Å². The molecule has 2 aromatic carbocycles. The van der Waals surface area contributed by atoms with Gasteiger partial charge in [0.05, 0.1) is 11.6 Å². The number of carbonyl (C=O) groups is 1. The van der Waals surface area contributed by atoms with Crippen LogP contribution in [0.1, 0.15) is 15.9 Å². The maximum absolute atomic E-state index is 12.3. The molecule has 0 aromatic heterocycles. The van der Waals surface area contributed by atoms with Gasteiger partial charge in [0, 0.05) is 20.9 Å². The van der Waals surface area contributed by atoms with Crippen LogP contribution in [0.2, 0.25) is 0 Å². The van der Waals surface area contributed by atoms with E-state index < -0.39 is 0 Å². The molecule has 104 valence electrons. The van der Waals surface area contributed by atoms with E-state index in [9.17, 15) is 4.79 Å². The van der Waals surface area contributed by atoms with Crippen molar-refractivity contribution in [2.24, 2.45) is 0 Å². The van der Waals surface area contributed by atoms with Crippen LogP contribution in [0.25, 0.3) is 0 Å². The number of rotatable bonds is 4. The number of carbonyl (C=O) groups excluding carboxylic acids is 1. The first-order valence-corrected chi connectivity index (χ1v) is 8.20. The molecule has 20 heavy (non-hydrogen) atoms. The molecule has 0 aliphatic carbocycles. The summed E-state index contributed by atoms with van der Waals surface area (Å²) in [5.74, 6) is 0.826. The highest BCUT2D eigenvalue weighted by atomic mass is 79.9. The van der Waals surface area contributed by atoms with E-state index in [1.54, 1.807) is 7.11 Å². The van der Waals surface area contributed by atoms with Crippen molar-refractivity contribution in [3.63, 3.8) is 0 Å². The molecule has 0 aliphatic rings. The fourth-order valence-corrected chi connectivity index (χ4v) is 3.67.